The Morgan fingerprint density at radius 1 is 1.38 bits per heavy atom. The van der Waals surface area contributed by atoms with Gasteiger partial charge in [-0.05, 0) is 63.0 Å². The third kappa shape index (κ3) is 3.29. The van der Waals surface area contributed by atoms with Crippen molar-refractivity contribution < 1.29 is 0 Å². The van der Waals surface area contributed by atoms with E-state index in [4.69, 9.17) is 0 Å². The summed E-state index contributed by atoms with van der Waals surface area (Å²) in [6.45, 7) is 5.70. The summed E-state index contributed by atoms with van der Waals surface area (Å²) in [5.41, 5.74) is 1.32. The lowest BCUT2D eigenvalue weighted by Gasteiger charge is -2.24. The van der Waals surface area contributed by atoms with Crippen molar-refractivity contribution in [2.45, 2.75) is 25.8 Å². The largest absolute Gasteiger partial charge is 0.317 e. The van der Waals surface area contributed by atoms with Crippen LogP contribution in [0.2, 0.25) is 0 Å². The summed E-state index contributed by atoms with van der Waals surface area (Å²) in [6, 6.07) is 4.60. The summed E-state index contributed by atoms with van der Waals surface area (Å²) in [6.07, 6.45) is 6.32. The van der Waals surface area contributed by atoms with E-state index in [1.165, 1.54) is 31.5 Å². The van der Waals surface area contributed by atoms with Gasteiger partial charge in [-0.3, -0.25) is 4.98 Å². The molecule has 1 aliphatic heterocycles. The maximum atomic E-state index is 4.04. The molecule has 16 heavy (non-hydrogen) atoms. The van der Waals surface area contributed by atoms with Crippen LogP contribution in [0.1, 0.15) is 31.4 Å². The van der Waals surface area contributed by atoms with Crippen molar-refractivity contribution in [3.05, 3.63) is 30.1 Å². The highest BCUT2D eigenvalue weighted by molar-refractivity contribution is 5.13. The molecule has 3 heteroatoms. The minimum Gasteiger partial charge on any atom is -0.317 e. The summed E-state index contributed by atoms with van der Waals surface area (Å²) in [5.74, 6) is 0.838. The summed E-state index contributed by atoms with van der Waals surface area (Å²) in [7, 11) is 0. The topological polar surface area (TPSA) is 37.0 Å². The van der Waals surface area contributed by atoms with E-state index < -0.39 is 0 Å². The van der Waals surface area contributed by atoms with Crippen molar-refractivity contribution in [2.24, 2.45) is 5.92 Å². The normalized spacial score (nSPS) is 19.6. The third-order valence-corrected chi connectivity index (χ3v) is 3.38. The molecule has 1 atom stereocenters. The third-order valence-electron chi connectivity index (χ3n) is 3.38. The second kappa shape index (κ2) is 5.97. The first kappa shape index (κ1) is 11.6. The van der Waals surface area contributed by atoms with Crippen LogP contribution in [0.15, 0.2) is 24.5 Å². The molecule has 3 nitrogen and oxygen atoms in total. The number of rotatable bonds is 4. The summed E-state index contributed by atoms with van der Waals surface area (Å²) >= 11 is 0. The van der Waals surface area contributed by atoms with Crippen molar-refractivity contribution in [3.63, 3.8) is 0 Å². The van der Waals surface area contributed by atoms with Crippen molar-refractivity contribution in [1.29, 1.82) is 0 Å². The Morgan fingerprint density at radius 3 is 2.75 bits per heavy atom. The van der Waals surface area contributed by atoms with Gasteiger partial charge >= 0.3 is 0 Å². The van der Waals surface area contributed by atoms with E-state index in [-0.39, 0.29) is 0 Å². The van der Waals surface area contributed by atoms with Crippen LogP contribution in [-0.2, 0) is 0 Å². The van der Waals surface area contributed by atoms with Gasteiger partial charge in [0, 0.05) is 18.4 Å². The highest BCUT2D eigenvalue weighted by Crippen LogP contribution is 2.14. The molecule has 0 spiro atoms. The molecule has 0 amide bonds. The van der Waals surface area contributed by atoms with E-state index in [9.17, 15) is 0 Å². The van der Waals surface area contributed by atoms with Crippen LogP contribution in [-0.4, -0.2) is 24.6 Å². The van der Waals surface area contributed by atoms with Crippen molar-refractivity contribution >= 4 is 0 Å². The minimum absolute atomic E-state index is 0.429. The minimum atomic E-state index is 0.429. The van der Waals surface area contributed by atoms with Gasteiger partial charge in [-0.15, -0.1) is 0 Å². The van der Waals surface area contributed by atoms with Gasteiger partial charge in [0.1, 0.15) is 0 Å². The van der Waals surface area contributed by atoms with E-state index in [0.29, 0.717) is 6.04 Å². The Kier molecular flexibility index (Phi) is 4.31. The maximum absolute atomic E-state index is 4.04. The molecule has 1 fully saturated rings. The second-order valence-electron chi connectivity index (χ2n) is 4.60. The van der Waals surface area contributed by atoms with Crippen LogP contribution in [0.4, 0.5) is 0 Å². The molecule has 1 saturated heterocycles. The van der Waals surface area contributed by atoms with E-state index in [1.807, 2.05) is 12.4 Å². The second-order valence-corrected chi connectivity index (χ2v) is 4.60. The number of pyridine rings is 1. The fourth-order valence-corrected chi connectivity index (χ4v) is 2.20. The highest BCUT2D eigenvalue weighted by atomic mass is 14.9. The standard InChI is InChI=1S/C13H21N3/c1-11(13-4-8-15-9-5-13)16-10-12-2-6-14-7-3-12/h4-5,8-9,11-12,14,16H,2-3,6-7,10H2,1H3/t11-/m1/s1. The van der Waals surface area contributed by atoms with E-state index >= 15 is 0 Å². The quantitative estimate of drug-likeness (QED) is 0.810. The predicted molar refractivity (Wildman–Crippen MR) is 66.2 cm³/mol. The van der Waals surface area contributed by atoms with Gasteiger partial charge in [0.15, 0.2) is 0 Å². The average Bonchev–Trinajstić information content (AvgIpc) is 2.38. The SMILES string of the molecule is C[C@@H](NCC1CCNCC1)c1ccncc1. The lowest BCUT2D eigenvalue weighted by molar-refractivity contribution is 0.345. The molecule has 0 unspecified atom stereocenters. The van der Waals surface area contributed by atoms with Crippen LogP contribution >= 0.6 is 0 Å². The van der Waals surface area contributed by atoms with Crippen molar-refractivity contribution in [3.8, 4) is 0 Å². The Labute approximate surface area is 97.7 Å². The van der Waals surface area contributed by atoms with Gasteiger partial charge in [-0.1, -0.05) is 0 Å². The summed E-state index contributed by atoms with van der Waals surface area (Å²) in [4.78, 5) is 4.04. The van der Waals surface area contributed by atoms with Gasteiger partial charge < -0.3 is 10.6 Å². The van der Waals surface area contributed by atoms with Crippen LogP contribution in [0, 0.1) is 5.92 Å². The smallest absolute Gasteiger partial charge is 0.0293 e. The van der Waals surface area contributed by atoms with Gasteiger partial charge in [0.05, 0.1) is 0 Å². The van der Waals surface area contributed by atoms with Gasteiger partial charge in [-0.2, -0.15) is 0 Å². The first-order valence-corrected chi connectivity index (χ1v) is 6.20. The fourth-order valence-electron chi connectivity index (χ4n) is 2.20. The molecular formula is C13H21N3. The number of nitrogens with zero attached hydrogens (tertiary/aromatic N) is 1. The average molecular weight is 219 g/mol. The molecule has 1 aromatic rings. The lowest BCUT2D eigenvalue weighted by atomic mass is 9.97. The number of hydrogen-bond acceptors (Lipinski definition) is 3. The molecule has 0 bridgehead atoms. The Bertz CT molecular complexity index is 293. The zero-order valence-corrected chi connectivity index (χ0v) is 9.95. The van der Waals surface area contributed by atoms with E-state index in [2.05, 4.69) is 34.7 Å². The molecule has 2 rings (SSSR count). The summed E-state index contributed by atoms with van der Waals surface area (Å²) in [5, 5.41) is 7.01. The number of nitrogens with one attached hydrogen (secondary N) is 2. The molecule has 1 aliphatic rings. The Hall–Kier alpha value is -0.930. The molecule has 2 N–H and O–H groups in total. The van der Waals surface area contributed by atoms with Gasteiger partial charge in [-0.25, -0.2) is 0 Å². The predicted octanol–water partition coefficient (Wildman–Crippen LogP) is 1.73. The van der Waals surface area contributed by atoms with Crippen LogP contribution in [0.3, 0.4) is 0 Å². The van der Waals surface area contributed by atoms with Gasteiger partial charge in [0.2, 0.25) is 0 Å². The number of piperidine rings is 1. The van der Waals surface area contributed by atoms with E-state index in [1.54, 1.807) is 0 Å². The Balaban J connectivity index is 1.77. The zero-order chi connectivity index (χ0) is 11.2. The lowest BCUT2D eigenvalue weighted by Crippen LogP contribution is -2.34. The van der Waals surface area contributed by atoms with Gasteiger partial charge in [0.25, 0.3) is 0 Å². The molecule has 88 valence electrons. The molecule has 2 heterocycles. The molecule has 1 aromatic heterocycles. The zero-order valence-electron chi connectivity index (χ0n) is 9.95. The molecule has 0 saturated carbocycles. The maximum Gasteiger partial charge on any atom is 0.0293 e. The van der Waals surface area contributed by atoms with Crippen LogP contribution < -0.4 is 10.6 Å². The molecule has 0 aromatic carbocycles. The first-order valence-electron chi connectivity index (χ1n) is 6.20. The monoisotopic (exact) mass is 219 g/mol. The number of aromatic nitrogens is 1. The van der Waals surface area contributed by atoms with Crippen LogP contribution in [0.5, 0.6) is 0 Å². The number of hydrogen-bond donors (Lipinski definition) is 2. The van der Waals surface area contributed by atoms with E-state index in [0.717, 1.165) is 12.5 Å². The first-order chi connectivity index (χ1) is 7.86. The van der Waals surface area contributed by atoms with Crippen molar-refractivity contribution in [2.75, 3.05) is 19.6 Å². The highest BCUT2D eigenvalue weighted by Gasteiger charge is 2.13. The molecule has 0 radical (unpaired) electrons. The molecule has 0 aliphatic carbocycles. The fraction of sp³-hybridized carbons (Fsp3) is 0.615. The summed E-state index contributed by atoms with van der Waals surface area (Å²) < 4.78 is 0. The van der Waals surface area contributed by atoms with Crippen LogP contribution in [0.25, 0.3) is 0 Å². The Morgan fingerprint density at radius 2 is 2.06 bits per heavy atom. The molecular weight excluding hydrogens is 198 g/mol. The van der Waals surface area contributed by atoms with Crippen molar-refractivity contribution in [1.82, 2.24) is 15.6 Å².